The third-order valence-corrected chi connectivity index (χ3v) is 4.05. The van der Waals surface area contributed by atoms with Crippen molar-refractivity contribution in [2.75, 3.05) is 4.72 Å². The first-order chi connectivity index (χ1) is 8.94. The Morgan fingerprint density at radius 3 is 2.79 bits per heavy atom. The molecular formula is C12H15N3O3S. The molecule has 2 aromatic rings. The predicted molar refractivity (Wildman–Crippen MR) is 71.6 cm³/mol. The van der Waals surface area contributed by atoms with Crippen LogP contribution in [0.2, 0.25) is 0 Å². The second kappa shape index (κ2) is 4.93. The largest absolute Gasteiger partial charge is 0.508 e. The van der Waals surface area contributed by atoms with Crippen LogP contribution in [0.15, 0.2) is 35.7 Å². The van der Waals surface area contributed by atoms with E-state index in [4.69, 9.17) is 0 Å². The van der Waals surface area contributed by atoms with Crippen LogP contribution in [0.1, 0.15) is 12.5 Å². The number of sulfonamides is 1. The second-order valence-electron chi connectivity index (χ2n) is 4.10. The quantitative estimate of drug-likeness (QED) is 0.893. The van der Waals surface area contributed by atoms with Gasteiger partial charge in [-0.1, -0.05) is 6.07 Å². The Balaban J connectivity index is 2.33. The molecule has 2 N–H and O–H groups in total. The maximum Gasteiger partial charge on any atom is 0.280 e. The van der Waals surface area contributed by atoms with Crippen molar-refractivity contribution >= 4 is 15.7 Å². The number of aryl methyl sites for hydroxylation is 1. The zero-order chi connectivity index (χ0) is 14.0. The zero-order valence-corrected chi connectivity index (χ0v) is 11.5. The molecule has 0 aliphatic heterocycles. The molecule has 0 amide bonds. The fourth-order valence-corrected chi connectivity index (χ4v) is 2.66. The minimum absolute atomic E-state index is 0.0410. The van der Waals surface area contributed by atoms with Crippen LogP contribution >= 0.6 is 0 Å². The molecular weight excluding hydrogens is 266 g/mol. The number of benzene rings is 1. The normalized spacial score (nSPS) is 11.5. The van der Waals surface area contributed by atoms with Crippen molar-refractivity contribution in [2.45, 2.75) is 25.4 Å². The standard InChI is InChI=1S/C12H15N3O3S/c1-3-15-7-12(13-8-15)19(17,18)14-10-5-4-6-11(16)9(10)2/h4-8,14,16H,3H2,1-2H3. The molecule has 6 nitrogen and oxygen atoms in total. The lowest BCUT2D eigenvalue weighted by molar-refractivity contribution is 0.471. The summed E-state index contributed by atoms with van der Waals surface area (Å²) in [6.07, 6.45) is 2.92. The summed E-state index contributed by atoms with van der Waals surface area (Å²) in [5.74, 6) is 0.0410. The van der Waals surface area contributed by atoms with E-state index in [2.05, 4.69) is 9.71 Å². The average molecular weight is 281 g/mol. The van der Waals surface area contributed by atoms with Gasteiger partial charge in [-0.15, -0.1) is 0 Å². The molecule has 0 saturated carbocycles. The van der Waals surface area contributed by atoms with E-state index < -0.39 is 10.0 Å². The summed E-state index contributed by atoms with van der Waals surface area (Å²) in [6.45, 7) is 4.18. The number of aromatic hydroxyl groups is 1. The number of nitrogens with one attached hydrogen (secondary N) is 1. The molecule has 0 fully saturated rings. The SMILES string of the molecule is CCn1cnc(S(=O)(=O)Nc2cccc(O)c2C)c1. The molecule has 0 unspecified atom stereocenters. The van der Waals surface area contributed by atoms with Gasteiger partial charge in [0.1, 0.15) is 5.75 Å². The van der Waals surface area contributed by atoms with E-state index in [-0.39, 0.29) is 10.8 Å². The maximum atomic E-state index is 12.1. The van der Waals surface area contributed by atoms with Crippen LogP contribution in [-0.4, -0.2) is 23.1 Å². The Bertz CT molecular complexity index is 692. The minimum atomic E-state index is -3.73. The highest BCUT2D eigenvalue weighted by atomic mass is 32.2. The van der Waals surface area contributed by atoms with E-state index in [0.717, 1.165) is 0 Å². The zero-order valence-electron chi connectivity index (χ0n) is 10.7. The van der Waals surface area contributed by atoms with Crippen LogP contribution in [0.4, 0.5) is 5.69 Å². The number of phenolic OH excluding ortho intramolecular Hbond substituents is 1. The first-order valence-corrected chi connectivity index (χ1v) is 7.25. The highest BCUT2D eigenvalue weighted by Gasteiger charge is 2.18. The van der Waals surface area contributed by atoms with E-state index >= 15 is 0 Å². The van der Waals surface area contributed by atoms with Gasteiger partial charge in [0.15, 0.2) is 5.03 Å². The fourth-order valence-electron chi connectivity index (χ4n) is 1.58. The van der Waals surface area contributed by atoms with Gasteiger partial charge in [-0.05, 0) is 26.0 Å². The molecule has 0 saturated heterocycles. The van der Waals surface area contributed by atoms with Crippen LogP contribution in [0.25, 0.3) is 0 Å². The minimum Gasteiger partial charge on any atom is -0.508 e. The van der Waals surface area contributed by atoms with E-state index in [1.807, 2.05) is 6.92 Å². The number of anilines is 1. The second-order valence-corrected chi connectivity index (χ2v) is 5.73. The van der Waals surface area contributed by atoms with Crippen molar-refractivity contribution in [3.8, 4) is 5.75 Å². The Kier molecular flexibility index (Phi) is 3.48. The van der Waals surface area contributed by atoms with E-state index in [1.54, 1.807) is 23.6 Å². The van der Waals surface area contributed by atoms with Crippen LogP contribution < -0.4 is 4.72 Å². The van der Waals surface area contributed by atoms with Crippen molar-refractivity contribution in [2.24, 2.45) is 0 Å². The summed E-state index contributed by atoms with van der Waals surface area (Å²) in [7, 11) is -3.73. The molecule has 1 aromatic carbocycles. The van der Waals surface area contributed by atoms with Gasteiger partial charge in [0, 0.05) is 18.3 Å². The monoisotopic (exact) mass is 281 g/mol. The maximum absolute atomic E-state index is 12.1. The van der Waals surface area contributed by atoms with Crippen molar-refractivity contribution in [1.29, 1.82) is 0 Å². The number of nitrogens with zero attached hydrogens (tertiary/aromatic N) is 2. The summed E-state index contributed by atoms with van der Waals surface area (Å²) in [6, 6.07) is 4.66. The van der Waals surface area contributed by atoms with Gasteiger partial charge in [-0.3, -0.25) is 4.72 Å². The molecule has 1 heterocycles. The number of imidazole rings is 1. The summed E-state index contributed by atoms with van der Waals surface area (Å²) < 4.78 is 28.3. The number of hydrogen-bond acceptors (Lipinski definition) is 4. The third kappa shape index (κ3) is 2.70. The number of phenols is 1. The van der Waals surface area contributed by atoms with Crippen molar-refractivity contribution in [3.05, 3.63) is 36.3 Å². The Morgan fingerprint density at radius 1 is 1.42 bits per heavy atom. The lowest BCUT2D eigenvalue weighted by Crippen LogP contribution is -2.14. The van der Waals surface area contributed by atoms with Gasteiger partial charge >= 0.3 is 0 Å². The third-order valence-electron chi connectivity index (χ3n) is 2.80. The summed E-state index contributed by atoms with van der Waals surface area (Å²) in [5, 5.41) is 9.51. The van der Waals surface area contributed by atoms with Crippen LogP contribution in [-0.2, 0) is 16.6 Å². The van der Waals surface area contributed by atoms with Crippen molar-refractivity contribution in [3.63, 3.8) is 0 Å². The smallest absolute Gasteiger partial charge is 0.280 e. The number of rotatable bonds is 4. The topological polar surface area (TPSA) is 84.2 Å². The highest BCUT2D eigenvalue weighted by molar-refractivity contribution is 7.92. The van der Waals surface area contributed by atoms with Gasteiger partial charge in [0.05, 0.1) is 12.0 Å². The molecule has 0 aliphatic carbocycles. The predicted octanol–water partition coefficient (Wildman–Crippen LogP) is 1.72. The molecule has 0 aliphatic rings. The van der Waals surface area contributed by atoms with Crippen LogP contribution in [0.5, 0.6) is 5.75 Å². The first kappa shape index (κ1) is 13.4. The molecule has 7 heteroatoms. The number of aromatic nitrogens is 2. The van der Waals surface area contributed by atoms with Gasteiger partial charge in [0.25, 0.3) is 10.0 Å². The van der Waals surface area contributed by atoms with Gasteiger partial charge in [0.2, 0.25) is 0 Å². The molecule has 0 atom stereocenters. The molecule has 1 aromatic heterocycles. The molecule has 19 heavy (non-hydrogen) atoms. The van der Waals surface area contributed by atoms with Gasteiger partial charge < -0.3 is 9.67 Å². The Hall–Kier alpha value is -2.02. The van der Waals surface area contributed by atoms with E-state index in [9.17, 15) is 13.5 Å². The van der Waals surface area contributed by atoms with E-state index in [1.165, 1.54) is 18.6 Å². The van der Waals surface area contributed by atoms with Gasteiger partial charge in [-0.2, -0.15) is 8.42 Å². The van der Waals surface area contributed by atoms with E-state index in [0.29, 0.717) is 17.8 Å². The molecule has 0 radical (unpaired) electrons. The van der Waals surface area contributed by atoms with Crippen molar-refractivity contribution < 1.29 is 13.5 Å². The van der Waals surface area contributed by atoms with Gasteiger partial charge in [-0.25, -0.2) is 4.98 Å². The summed E-state index contributed by atoms with van der Waals surface area (Å²) in [4.78, 5) is 3.86. The molecule has 0 bridgehead atoms. The lowest BCUT2D eigenvalue weighted by Gasteiger charge is -2.09. The van der Waals surface area contributed by atoms with Crippen LogP contribution in [0, 0.1) is 6.92 Å². The lowest BCUT2D eigenvalue weighted by atomic mass is 10.2. The van der Waals surface area contributed by atoms with Crippen molar-refractivity contribution in [1.82, 2.24) is 9.55 Å². The fraction of sp³-hybridized carbons (Fsp3) is 0.250. The Morgan fingerprint density at radius 2 is 2.16 bits per heavy atom. The average Bonchev–Trinajstić information content (AvgIpc) is 2.84. The number of hydrogen-bond donors (Lipinski definition) is 2. The molecule has 2 rings (SSSR count). The molecule has 102 valence electrons. The van der Waals surface area contributed by atoms with Crippen LogP contribution in [0.3, 0.4) is 0 Å². The summed E-state index contributed by atoms with van der Waals surface area (Å²) >= 11 is 0. The summed E-state index contributed by atoms with van der Waals surface area (Å²) in [5.41, 5.74) is 0.812. The Labute approximate surface area is 111 Å². The first-order valence-electron chi connectivity index (χ1n) is 5.77. The highest BCUT2D eigenvalue weighted by Crippen LogP contribution is 2.25. The molecule has 0 spiro atoms.